The van der Waals surface area contributed by atoms with Crippen LogP contribution in [0.15, 0.2) is 30.5 Å². The zero-order valence-electron chi connectivity index (χ0n) is 11.7. The zero-order valence-corrected chi connectivity index (χ0v) is 11.7. The van der Waals surface area contributed by atoms with Gasteiger partial charge in [0, 0.05) is 24.4 Å². The van der Waals surface area contributed by atoms with Crippen LogP contribution in [-0.4, -0.2) is 21.5 Å². The topological polar surface area (TPSA) is 64.7 Å². The van der Waals surface area contributed by atoms with E-state index in [1.54, 1.807) is 6.20 Å². The molecule has 0 fully saturated rings. The van der Waals surface area contributed by atoms with Gasteiger partial charge in [0.05, 0.1) is 11.4 Å². The van der Waals surface area contributed by atoms with Gasteiger partial charge in [-0.25, -0.2) is 9.97 Å². The molecule has 2 aromatic rings. The lowest BCUT2D eigenvalue weighted by Gasteiger charge is -2.18. The van der Waals surface area contributed by atoms with Crippen molar-refractivity contribution in [3.05, 3.63) is 42.0 Å². The predicted molar refractivity (Wildman–Crippen MR) is 76.6 cm³/mol. The summed E-state index contributed by atoms with van der Waals surface area (Å²) in [5, 5.41) is 0. The molecule has 2 heterocycles. The first kappa shape index (κ1) is 13.6. The summed E-state index contributed by atoms with van der Waals surface area (Å²) < 4.78 is 0. The molecule has 0 aliphatic carbocycles. The Bertz CT molecular complexity index is 537. The van der Waals surface area contributed by atoms with Gasteiger partial charge in [-0.1, -0.05) is 19.9 Å². The minimum Gasteiger partial charge on any atom is -0.330 e. The molecule has 0 amide bonds. The van der Waals surface area contributed by atoms with E-state index in [0.717, 1.165) is 22.9 Å². The summed E-state index contributed by atoms with van der Waals surface area (Å²) in [5.74, 6) is 1.42. The third-order valence-electron chi connectivity index (χ3n) is 3.19. The van der Waals surface area contributed by atoms with Crippen molar-refractivity contribution in [2.45, 2.75) is 26.7 Å². The van der Waals surface area contributed by atoms with Gasteiger partial charge < -0.3 is 5.73 Å². The van der Waals surface area contributed by atoms with Crippen LogP contribution in [0.25, 0.3) is 11.4 Å². The zero-order chi connectivity index (χ0) is 13.8. The minimum atomic E-state index is 0.183. The first-order chi connectivity index (χ1) is 9.11. The third-order valence-corrected chi connectivity index (χ3v) is 3.19. The average molecular weight is 256 g/mol. The summed E-state index contributed by atoms with van der Waals surface area (Å²) in [6.45, 7) is 6.82. The molecule has 1 atom stereocenters. The van der Waals surface area contributed by atoms with Crippen LogP contribution < -0.4 is 5.73 Å². The van der Waals surface area contributed by atoms with Crippen molar-refractivity contribution in [2.75, 3.05) is 6.54 Å². The van der Waals surface area contributed by atoms with Crippen LogP contribution in [0.3, 0.4) is 0 Å². The lowest BCUT2D eigenvalue weighted by molar-refractivity contribution is 0.482. The predicted octanol–water partition coefficient (Wildman–Crippen LogP) is 2.55. The molecule has 0 aliphatic rings. The second kappa shape index (κ2) is 5.89. The summed E-state index contributed by atoms with van der Waals surface area (Å²) in [4.78, 5) is 13.5. The lowest BCUT2D eigenvalue weighted by atomic mass is 9.95. The lowest BCUT2D eigenvalue weighted by Crippen LogP contribution is -2.20. The highest BCUT2D eigenvalue weighted by molar-refractivity contribution is 5.53. The fourth-order valence-electron chi connectivity index (χ4n) is 2.08. The number of hydrogen-bond donors (Lipinski definition) is 1. The summed E-state index contributed by atoms with van der Waals surface area (Å²) in [7, 11) is 0. The molecule has 4 heteroatoms. The van der Waals surface area contributed by atoms with Crippen LogP contribution in [0.5, 0.6) is 0 Å². The maximum Gasteiger partial charge on any atom is 0.133 e. The monoisotopic (exact) mass is 256 g/mol. The Kier molecular flexibility index (Phi) is 4.22. The van der Waals surface area contributed by atoms with E-state index in [1.165, 1.54) is 0 Å². The molecule has 2 N–H and O–H groups in total. The van der Waals surface area contributed by atoms with Crippen molar-refractivity contribution in [1.29, 1.82) is 0 Å². The Morgan fingerprint density at radius 2 is 1.95 bits per heavy atom. The standard InChI is InChI=1S/C15H20N4/c1-10(2)12(9-16)15-18-11(3)8-14(19-15)13-6-4-5-7-17-13/h4-8,10,12H,9,16H2,1-3H3. The molecule has 2 rings (SSSR count). The smallest absolute Gasteiger partial charge is 0.133 e. The van der Waals surface area contributed by atoms with Gasteiger partial charge >= 0.3 is 0 Å². The number of nitrogens with zero attached hydrogens (tertiary/aromatic N) is 3. The fourth-order valence-corrected chi connectivity index (χ4v) is 2.08. The van der Waals surface area contributed by atoms with Crippen LogP contribution in [-0.2, 0) is 0 Å². The molecule has 4 nitrogen and oxygen atoms in total. The Hall–Kier alpha value is -1.81. The first-order valence-corrected chi connectivity index (χ1v) is 6.59. The van der Waals surface area contributed by atoms with Crippen molar-refractivity contribution in [1.82, 2.24) is 15.0 Å². The first-order valence-electron chi connectivity index (χ1n) is 6.59. The normalized spacial score (nSPS) is 12.7. The van der Waals surface area contributed by atoms with Gasteiger partial charge in [-0.05, 0) is 31.0 Å². The molecule has 2 aromatic heterocycles. The van der Waals surface area contributed by atoms with Gasteiger partial charge in [-0.3, -0.25) is 4.98 Å². The number of aromatic nitrogens is 3. The molecule has 0 saturated carbocycles. The minimum absolute atomic E-state index is 0.183. The number of nitrogens with two attached hydrogens (primary N) is 1. The molecule has 0 aromatic carbocycles. The largest absolute Gasteiger partial charge is 0.330 e. The van der Waals surface area contributed by atoms with Gasteiger partial charge in [0.25, 0.3) is 0 Å². The van der Waals surface area contributed by atoms with Crippen molar-refractivity contribution in [3.8, 4) is 11.4 Å². The summed E-state index contributed by atoms with van der Waals surface area (Å²) >= 11 is 0. The van der Waals surface area contributed by atoms with Crippen molar-refractivity contribution in [2.24, 2.45) is 11.7 Å². The highest BCUT2D eigenvalue weighted by Crippen LogP contribution is 2.23. The summed E-state index contributed by atoms with van der Waals surface area (Å²) in [6.07, 6.45) is 1.77. The summed E-state index contributed by atoms with van der Waals surface area (Å²) in [6, 6.07) is 7.77. The number of aryl methyl sites for hydroxylation is 1. The highest BCUT2D eigenvalue weighted by atomic mass is 14.9. The van der Waals surface area contributed by atoms with E-state index in [9.17, 15) is 0 Å². The highest BCUT2D eigenvalue weighted by Gasteiger charge is 2.18. The van der Waals surface area contributed by atoms with Crippen molar-refractivity contribution >= 4 is 0 Å². The Balaban J connectivity index is 2.45. The molecule has 19 heavy (non-hydrogen) atoms. The molecular weight excluding hydrogens is 236 g/mol. The van der Waals surface area contributed by atoms with Crippen LogP contribution in [0.1, 0.15) is 31.3 Å². The van der Waals surface area contributed by atoms with E-state index in [0.29, 0.717) is 12.5 Å². The van der Waals surface area contributed by atoms with E-state index >= 15 is 0 Å². The molecule has 0 radical (unpaired) electrons. The van der Waals surface area contributed by atoms with Gasteiger partial charge in [0.15, 0.2) is 0 Å². The van der Waals surface area contributed by atoms with E-state index < -0.39 is 0 Å². The molecule has 0 spiro atoms. The molecule has 100 valence electrons. The molecular formula is C15H20N4. The van der Waals surface area contributed by atoms with Gasteiger partial charge in [-0.2, -0.15) is 0 Å². The van der Waals surface area contributed by atoms with E-state index in [4.69, 9.17) is 5.73 Å². The van der Waals surface area contributed by atoms with Gasteiger partial charge in [0.2, 0.25) is 0 Å². The van der Waals surface area contributed by atoms with Crippen molar-refractivity contribution < 1.29 is 0 Å². The van der Waals surface area contributed by atoms with E-state index in [1.807, 2.05) is 31.2 Å². The third kappa shape index (κ3) is 3.15. The van der Waals surface area contributed by atoms with Gasteiger partial charge in [-0.15, -0.1) is 0 Å². The van der Waals surface area contributed by atoms with E-state index in [2.05, 4.69) is 28.8 Å². The van der Waals surface area contributed by atoms with Crippen LogP contribution in [0.4, 0.5) is 0 Å². The summed E-state index contributed by atoms with van der Waals surface area (Å²) in [5.41, 5.74) is 8.53. The van der Waals surface area contributed by atoms with Crippen LogP contribution in [0.2, 0.25) is 0 Å². The Morgan fingerprint density at radius 1 is 1.16 bits per heavy atom. The molecule has 1 unspecified atom stereocenters. The quantitative estimate of drug-likeness (QED) is 0.913. The number of hydrogen-bond acceptors (Lipinski definition) is 4. The average Bonchev–Trinajstić information content (AvgIpc) is 2.39. The van der Waals surface area contributed by atoms with Crippen LogP contribution in [0, 0.1) is 12.8 Å². The van der Waals surface area contributed by atoms with Gasteiger partial charge in [0.1, 0.15) is 5.82 Å². The molecule has 0 aliphatic heterocycles. The van der Waals surface area contributed by atoms with Crippen molar-refractivity contribution in [3.63, 3.8) is 0 Å². The number of rotatable bonds is 4. The maximum atomic E-state index is 5.85. The SMILES string of the molecule is Cc1cc(-c2ccccn2)nc(C(CN)C(C)C)n1. The Labute approximate surface area is 114 Å². The fraction of sp³-hybridized carbons (Fsp3) is 0.400. The molecule has 0 saturated heterocycles. The molecule has 0 bridgehead atoms. The van der Waals surface area contributed by atoms with Crippen LogP contribution >= 0.6 is 0 Å². The number of pyridine rings is 1. The second-order valence-corrected chi connectivity index (χ2v) is 5.05. The maximum absolute atomic E-state index is 5.85. The Morgan fingerprint density at radius 3 is 2.53 bits per heavy atom. The second-order valence-electron chi connectivity index (χ2n) is 5.05. The van der Waals surface area contributed by atoms with E-state index in [-0.39, 0.29) is 5.92 Å².